The minimum atomic E-state index is -0.167. The van der Waals surface area contributed by atoms with Gasteiger partial charge in [-0.15, -0.1) is 0 Å². The lowest BCUT2D eigenvalue weighted by Gasteiger charge is -2.21. The third kappa shape index (κ3) is 1.48. The predicted octanol–water partition coefficient (Wildman–Crippen LogP) is -0.777. The van der Waals surface area contributed by atoms with Crippen molar-refractivity contribution in [3.05, 3.63) is 0 Å². The van der Waals surface area contributed by atoms with Gasteiger partial charge in [-0.3, -0.25) is 0 Å². The Morgan fingerprint density at radius 1 is 1.40 bits per heavy atom. The fourth-order valence-electron chi connectivity index (χ4n) is 1.46. The van der Waals surface area contributed by atoms with E-state index in [2.05, 4.69) is 9.80 Å². The molecule has 0 aromatic carbocycles. The van der Waals surface area contributed by atoms with Gasteiger partial charge in [-0.25, -0.2) is 0 Å². The summed E-state index contributed by atoms with van der Waals surface area (Å²) in [5.41, 5.74) is 0. The zero-order valence-electron chi connectivity index (χ0n) is 6.91. The number of likely N-dealkylation sites (N-methyl/N-ethyl adjacent to an activating group) is 2. The van der Waals surface area contributed by atoms with Gasteiger partial charge < -0.3 is 14.9 Å². The third-order valence-corrected chi connectivity index (χ3v) is 2.10. The number of hydrogen-bond donors (Lipinski definition) is 1. The summed E-state index contributed by atoms with van der Waals surface area (Å²) >= 11 is 0. The molecule has 0 bridgehead atoms. The van der Waals surface area contributed by atoms with Crippen molar-refractivity contribution in [1.29, 1.82) is 0 Å². The second-order valence-corrected chi connectivity index (χ2v) is 3.32. The summed E-state index contributed by atoms with van der Waals surface area (Å²) in [6, 6.07) is 0.324. The largest absolute Gasteiger partial charge is 0.390 e. The Morgan fingerprint density at radius 2 is 2.00 bits per heavy atom. The summed E-state index contributed by atoms with van der Waals surface area (Å²) in [6.07, 6.45) is -0.167. The standard InChI is InChI=1S/C7H16N2O/c1-8(2)6-4-9(3)5-7(6)10/h6-7,10H,4-5H2,1-3H3. The first-order valence-corrected chi connectivity index (χ1v) is 3.64. The molecular formula is C7H16N2O. The van der Waals surface area contributed by atoms with E-state index in [9.17, 15) is 5.11 Å². The highest BCUT2D eigenvalue weighted by atomic mass is 16.3. The van der Waals surface area contributed by atoms with E-state index < -0.39 is 0 Å². The lowest BCUT2D eigenvalue weighted by atomic mass is 10.2. The number of nitrogens with zero attached hydrogens (tertiary/aromatic N) is 2. The average molecular weight is 144 g/mol. The normalized spacial score (nSPS) is 35.7. The molecule has 1 aliphatic heterocycles. The first-order valence-electron chi connectivity index (χ1n) is 3.64. The highest BCUT2D eigenvalue weighted by Gasteiger charge is 2.30. The molecule has 0 amide bonds. The minimum Gasteiger partial charge on any atom is -0.390 e. The van der Waals surface area contributed by atoms with Gasteiger partial charge in [-0.1, -0.05) is 0 Å². The maximum atomic E-state index is 9.45. The molecule has 1 aliphatic rings. The van der Waals surface area contributed by atoms with E-state index in [4.69, 9.17) is 0 Å². The molecule has 2 unspecified atom stereocenters. The zero-order valence-corrected chi connectivity index (χ0v) is 6.91. The molecule has 0 saturated carbocycles. The highest BCUT2D eigenvalue weighted by molar-refractivity contribution is 4.86. The monoisotopic (exact) mass is 144 g/mol. The Kier molecular flexibility index (Phi) is 2.28. The number of aliphatic hydroxyl groups excluding tert-OH is 1. The van der Waals surface area contributed by atoms with E-state index in [-0.39, 0.29) is 6.10 Å². The lowest BCUT2D eigenvalue weighted by molar-refractivity contribution is 0.113. The van der Waals surface area contributed by atoms with Crippen molar-refractivity contribution in [2.45, 2.75) is 12.1 Å². The van der Waals surface area contributed by atoms with Crippen LogP contribution in [-0.4, -0.2) is 61.3 Å². The summed E-state index contributed by atoms with van der Waals surface area (Å²) in [5, 5.41) is 9.45. The molecule has 2 atom stereocenters. The second kappa shape index (κ2) is 2.86. The highest BCUT2D eigenvalue weighted by Crippen LogP contribution is 2.11. The number of β-amino-alcohol motifs (C(OH)–C–C–N with tert-alkyl or cyclic N) is 1. The molecule has 1 N–H and O–H groups in total. The quantitative estimate of drug-likeness (QED) is 0.523. The van der Waals surface area contributed by atoms with Gasteiger partial charge in [0.15, 0.2) is 0 Å². The van der Waals surface area contributed by atoms with Crippen LogP contribution >= 0.6 is 0 Å². The molecule has 1 fully saturated rings. The van der Waals surface area contributed by atoms with Gasteiger partial charge in [0.2, 0.25) is 0 Å². The summed E-state index contributed by atoms with van der Waals surface area (Å²) < 4.78 is 0. The Bertz CT molecular complexity index is 116. The van der Waals surface area contributed by atoms with Gasteiger partial charge in [0.1, 0.15) is 0 Å². The van der Waals surface area contributed by atoms with Crippen molar-refractivity contribution in [3.8, 4) is 0 Å². The summed E-state index contributed by atoms with van der Waals surface area (Å²) in [7, 11) is 6.05. The van der Waals surface area contributed by atoms with Crippen LogP contribution in [-0.2, 0) is 0 Å². The maximum absolute atomic E-state index is 9.45. The van der Waals surface area contributed by atoms with E-state index in [1.54, 1.807) is 0 Å². The molecule has 0 aromatic rings. The second-order valence-electron chi connectivity index (χ2n) is 3.32. The molecule has 10 heavy (non-hydrogen) atoms. The molecule has 3 heteroatoms. The zero-order chi connectivity index (χ0) is 7.72. The number of hydrogen-bond acceptors (Lipinski definition) is 3. The SMILES string of the molecule is CN1CC(O)C(N(C)C)C1. The van der Waals surface area contributed by atoms with Crippen molar-refractivity contribution in [1.82, 2.24) is 9.80 Å². The Hall–Kier alpha value is -0.120. The van der Waals surface area contributed by atoms with Crippen LogP contribution in [0.3, 0.4) is 0 Å². The van der Waals surface area contributed by atoms with Crippen LogP contribution in [0, 0.1) is 0 Å². The number of rotatable bonds is 1. The van der Waals surface area contributed by atoms with Crippen molar-refractivity contribution in [3.63, 3.8) is 0 Å². The van der Waals surface area contributed by atoms with Crippen molar-refractivity contribution < 1.29 is 5.11 Å². The van der Waals surface area contributed by atoms with E-state index in [0.29, 0.717) is 6.04 Å². The number of aliphatic hydroxyl groups is 1. The van der Waals surface area contributed by atoms with Crippen molar-refractivity contribution in [2.75, 3.05) is 34.2 Å². The van der Waals surface area contributed by atoms with Crippen LogP contribution in [0.1, 0.15) is 0 Å². The summed E-state index contributed by atoms with van der Waals surface area (Å²) in [5.74, 6) is 0. The molecule has 0 aliphatic carbocycles. The van der Waals surface area contributed by atoms with Gasteiger partial charge in [-0.2, -0.15) is 0 Å². The molecule has 0 aromatic heterocycles. The summed E-state index contributed by atoms with van der Waals surface area (Å²) in [6.45, 7) is 1.79. The van der Waals surface area contributed by atoms with Crippen LogP contribution in [0.25, 0.3) is 0 Å². The van der Waals surface area contributed by atoms with E-state index in [0.717, 1.165) is 13.1 Å². The van der Waals surface area contributed by atoms with E-state index >= 15 is 0 Å². The van der Waals surface area contributed by atoms with Crippen LogP contribution in [0.15, 0.2) is 0 Å². The van der Waals surface area contributed by atoms with Crippen molar-refractivity contribution >= 4 is 0 Å². The van der Waals surface area contributed by atoms with Crippen molar-refractivity contribution in [2.24, 2.45) is 0 Å². The van der Waals surface area contributed by atoms with Gasteiger partial charge >= 0.3 is 0 Å². The topological polar surface area (TPSA) is 26.7 Å². The Labute approximate surface area is 62.2 Å². The maximum Gasteiger partial charge on any atom is 0.0834 e. The first-order chi connectivity index (χ1) is 4.61. The Morgan fingerprint density at radius 3 is 2.20 bits per heavy atom. The van der Waals surface area contributed by atoms with Crippen LogP contribution in [0.4, 0.5) is 0 Å². The molecule has 0 spiro atoms. The van der Waals surface area contributed by atoms with Gasteiger partial charge in [0, 0.05) is 19.1 Å². The van der Waals surface area contributed by atoms with Crippen LogP contribution in [0.5, 0.6) is 0 Å². The smallest absolute Gasteiger partial charge is 0.0834 e. The van der Waals surface area contributed by atoms with E-state index in [1.807, 2.05) is 21.1 Å². The molecule has 3 nitrogen and oxygen atoms in total. The van der Waals surface area contributed by atoms with Gasteiger partial charge in [0.05, 0.1) is 6.10 Å². The van der Waals surface area contributed by atoms with Crippen LogP contribution in [0.2, 0.25) is 0 Å². The van der Waals surface area contributed by atoms with Gasteiger partial charge in [-0.05, 0) is 21.1 Å². The van der Waals surface area contributed by atoms with Gasteiger partial charge in [0.25, 0.3) is 0 Å². The Balaban J connectivity index is 2.46. The minimum absolute atomic E-state index is 0.167. The fourth-order valence-corrected chi connectivity index (χ4v) is 1.46. The molecule has 1 rings (SSSR count). The molecule has 1 saturated heterocycles. The lowest BCUT2D eigenvalue weighted by Crippen LogP contribution is -2.37. The van der Waals surface area contributed by atoms with E-state index in [1.165, 1.54) is 0 Å². The third-order valence-electron chi connectivity index (χ3n) is 2.10. The summed E-state index contributed by atoms with van der Waals surface area (Å²) in [4.78, 5) is 4.23. The fraction of sp³-hybridized carbons (Fsp3) is 1.00. The predicted molar refractivity (Wildman–Crippen MR) is 41.0 cm³/mol. The number of likely N-dealkylation sites (tertiary alicyclic amines) is 1. The first kappa shape index (κ1) is 7.98. The molecule has 0 radical (unpaired) electrons. The average Bonchev–Trinajstić information content (AvgIpc) is 2.10. The van der Waals surface area contributed by atoms with Crippen LogP contribution < -0.4 is 0 Å². The molecular weight excluding hydrogens is 128 g/mol. The molecule has 60 valence electrons. The molecule has 1 heterocycles.